The second-order valence-electron chi connectivity index (χ2n) is 6.26. The van der Waals surface area contributed by atoms with Crippen molar-refractivity contribution in [3.63, 3.8) is 0 Å². The molecule has 1 saturated carbocycles. The number of nitrogens with one attached hydrogen (secondary N) is 1. The lowest BCUT2D eigenvalue weighted by Gasteiger charge is -2.34. The first kappa shape index (κ1) is 16.0. The number of fused-ring (bicyclic) bond motifs is 1. The summed E-state index contributed by atoms with van der Waals surface area (Å²) in [5, 5.41) is 5.67. The molecule has 25 heavy (non-hydrogen) atoms. The number of esters is 1. The lowest BCUT2D eigenvalue weighted by Crippen LogP contribution is -2.40. The Morgan fingerprint density at radius 2 is 2.16 bits per heavy atom. The summed E-state index contributed by atoms with van der Waals surface area (Å²) in [6.07, 6.45) is 5.38. The van der Waals surface area contributed by atoms with Crippen LogP contribution in [0.3, 0.4) is 0 Å². The van der Waals surface area contributed by atoms with Gasteiger partial charge in [0.25, 0.3) is 0 Å². The summed E-state index contributed by atoms with van der Waals surface area (Å²) in [5.74, 6) is 0.790. The number of ether oxygens (including phenoxy) is 1. The maximum absolute atomic E-state index is 11.7. The van der Waals surface area contributed by atoms with Gasteiger partial charge in [-0.15, -0.1) is 11.3 Å². The summed E-state index contributed by atoms with van der Waals surface area (Å²) in [6.45, 7) is 2.29. The fraction of sp³-hybridized carbons (Fsp3) is 0.316. The number of rotatable bonds is 5. The molecular formula is C19H19N3O2S. The van der Waals surface area contributed by atoms with Crippen LogP contribution in [0.15, 0.2) is 42.2 Å². The molecule has 2 aromatic heterocycles. The van der Waals surface area contributed by atoms with Gasteiger partial charge in [-0.25, -0.2) is 4.98 Å². The number of aromatic nitrogens is 2. The molecule has 4 rings (SSSR count). The summed E-state index contributed by atoms with van der Waals surface area (Å²) in [6, 6.07) is 8.70. The zero-order valence-electron chi connectivity index (χ0n) is 13.9. The highest BCUT2D eigenvalue weighted by Gasteiger charge is 2.35. The van der Waals surface area contributed by atoms with Crippen molar-refractivity contribution < 1.29 is 9.53 Å². The van der Waals surface area contributed by atoms with E-state index in [0.29, 0.717) is 6.61 Å². The number of thiazole rings is 1. The molecule has 0 unspecified atom stereocenters. The second kappa shape index (κ2) is 6.80. The van der Waals surface area contributed by atoms with Crippen molar-refractivity contribution in [3.05, 3.63) is 42.2 Å². The van der Waals surface area contributed by atoms with E-state index in [1.165, 1.54) is 0 Å². The Bertz CT molecular complexity index is 889. The predicted molar refractivity (Wildman–Crippen MR) is 99.6 cm³/mol. The topological polar surface area (TPSA) is 64.1 Å². The SMILES string of the molecule is CCOC(=O)C1CC(Nc2cc3cc(-c4cncs4)ccc3cn2)C1. The third kappa shape index (κ3) is 3.35. The van der Waals surface area contributed by atoms with Crippen LogP contribution < -0.4 is 5.32 Å². The number of pyridine rings is 1. The van der Waals surface area contributed by atoms with Gasteiger partial charge in [0.05, 0.1) is 22.9 Å². The zero-order chi connectivity index (χ0) is 17.2. The summed E-state index contributed by atoms with van der Waals surface area (Å²) in [7, 11) is 0. The van der Waals surface area contributed by atoms with E-state index in [1.807, 2.05) is 24.8 Å². The molecule has 1 aliphatic carbocycles. The molecule has 1 N–H and O–H groups in total. The van der Waals surface area contributed by atoms with Crippen molar-refractivity contribution >= 4 is 33.9 Å². The Morgan fingerprint density at radius 1 is 1.28 bits per heavy atom. The van der Waals surface area contributed by atoms with Crippen molar-refractivity contribution in [2.75, 3.05) is 11.9 Å². The largest absolute Gasteiger partial charge is 0.466 e. The molecular weight excluding hydrogens is 334 g/mol. The minimum atomic E-state index is -0.0822. The number of nitrogens with zero attached hydrogens (tertiary/aromatic N) is 2. The fourth-order valence-corrected chi connectivity index (χ4v) is 3.75. The highest BCUT2D eigenvalue weighted by atomic mass is 32.1. The van der Waals surface area contributed by atoms with Crippen molar-refractivity contribution in [3.8, 4) is 10.4 Å². The number of carbonyl (C=O) groups is 1. The van der Waals surface area contributed by atoms with Crippen LogP contribution in [0.25, 0.3) is 21.2 Å². The van der Waals surface area contributed by atoms with Crippen molar-refractivity contribution in [1.29, 1.82) is 0 Å². The van der Waals surface area contributed by atoms with Crippen molar-refractivity contribution in [2.24, 2.45) is 5.92 Å². The van der Waals surface area contributed by atoms with E-state index in [4.69, 9.17) is 4.74 Å². The van der Waals surface area contributed by atoms with Gasteiger partial charge in [-0.2, -0.15) is 0 Å². The predicted octanol–water partition coefficient (Wildman–Crippen LogP) is 4.11. The van der Waals surface area contributed by atoms with E-state index in [2.05, 4.69) is 39.6 Å². The van der Waals surface area contributed by atoms with E-state index >= 15 is 0 Å². The van der Waals surface area contributed by atoms with E-state index in [-0.39, 0.29) is 17.9 Å². The number of hydrogen-bond acceptors (Lipinski definition) is 6. The first-order valence-electron chi connectivity index (χ1n) is 8.45. The maximum Gasteiger partial charge on any atom is 0.309 e. The van der Waals surface area contributed by atoms with Crippen LogP contribution in [-0.4, -0.2) is 28.6 Å². The molecule has 5 nitrogen and oxygen atoms in total. The highest BCUT2D eigenvalue weighted by molar-refractivity contribution is 7.13. The first-order chi connectivity index (χ1) is 12.2. The third-order valence-corrected chi connectivity index (χ3v) is 5.37. The molecule has 1 fully saturated rings. The van der Waals surface area contributed by atoms with E-state index in [1.54, 1.807) is 11.3 Å². The Morgan fingerprint density at radius 3 is 2.92 bits per heavy atom. The summed E-state index contributed by atoms with van der Waals surface area (Å²) in [4.78, 5) is 21.5. The van der Waals surface area contributed by atoms with Gasteiger partial charge in [-0.3, -0.25) is 9.78 Å². The molecule has 0 saturated heterocycles. The highest BCUT2D eigenvalue weighted by Crippen LogP contribution is 2.32. The molecule has 1 aliphatic rings. The fourth-order valence-electron chi connectivity index (χ4n) is 3.13. The molecule has 0 spiro atoms. The Balaban J connectivity index is 1.47. The smallest absolute Gasteiger partial charge is 0.309 e. The van der Waals surface area contributed by atoms with Gasteiger partial charge in [0.15, 0.2) is 0 Å². The molecule has 0 atom stereocenters. The maximum atomic E-state index is 11.7. The molecule has 0 radical (unpaired) electrons. The first-order valence-corrected chi connectivity index (χ1v) is 9.32. The van der Waals surface area contributed by atoms with Crippen molar-refractivity contribution in [2.45, 2.75) is 25.8 Å². The van der Waals surface area contributed by atoms with Gasteiger partial charge >= 0.3 is 5.97 Å². The second-order valence-corrected chi connectivity index (χ2v) is 7.15. The van der Waals surface area contributed by atoms with Crippen LogP contribution in [0.5, 0.6) is 0 Å². The number of benzene rings is 1. The van der Waals surface area contributed by atoms with Crippen LogP contribution in [0.2, 0.25) is 0 Å². The summed E-state index contributed by atoms with van der Waals surface area (Å²) in [5.41, 5.74) is 3.01. The zero-order valence-corrected chi connectivity index (χ0v) is 14.8. The normalized spacial score (nSPS) is 19.4. The minimum absolute atomic E-state index is 0.0239. The molecule has 0 aliphatic heterocycles. The van der Waals surface area contributed by atoms with Crippen LogP contribution in [0.1, 0.15) is 19.8 Å². The van der Waals surface area contributed by atoms with E-state index < -0.39 is 0 Å². The van der Waals surface area contributed by atoms with Crippen molar-refractivity contribution in [1.82, 2.24) is 9.97 Å². The number of hydrogen-bond donors (Lipinski definition) is 1. The Hall–Kier alpha value is -2.47. The number of anilines is 1. The van der Waals surface area contributed by atoms with Crippen LogP contribution in [0.4, 0.5) is 5.82 Å². The van der Waals surface area contributed by atoms with E-state index in [9.17, 15) is 4.79 Å². The van der Waals surface area contributed by atoms with Crippen LogP contribution >= 0.6 is 11.3 Å². The Labute approximate surface area is 150 Å². The van der Waals surface area contributed by atoms with Crippen LogP contribution in [0, 0.1) is 5.92 Å². The standard InChI is InChI=1S/C19H19N3O2S/c1-2-24-19(23)15-6-16(7-15)22-18-8-14-5-12(17-10-20-11-25-17)3-4-13(14)9-21-18/h3-5,8-11,15-16H,2,6-7H2,1H3,(H,21,22). The van der Waals surface area contributed by atoms with Gasteiger partial charge in [0.2, 0.25) is 0 Å². The lowest BCUT2D eigenvalue weighted by atomic mass is 9.80. The summed E-state index contributed by atoms with van der Waals surface area (Å²) < 4.78 is 5.06. The third-order valence-electron chi connectivity index (χ3n) is 4.55. The van der Waals surface area contributed by atoms with Gasteiger partial charge in [0, 0.05) is 23.8 Å². The average Bonchev–Trinajstić information content (AvgIpc) is 3.11. The molecule has 0 amide bonds. The lowest BCUT2D eigenvalue weighted by molar-refractivity contribution is -0.151. The number of carbonyl (C=O) groups excluding carboxylic acids is 1. The molecule has 128 valence electrons. The Kier molecular flexibility index (Phi) is 4.36. The van der Waals surface area contributed by atoms with Gasteiger partial charge in [-0.1, -0.05) is 12.1 Å². The molecule has 6 heteroatoms. The van der Waals surface area contributed by atoms with Crippen LogP contribution in [-0.2, 0) is 9.53 Å². The summed E-state index contributed by atoms with van der Waals surface area (Å²) >= 11 is 1.63. The van der Waals surface area contributed by atoms with Gasteiger partial charge in [-0.05, 0) is 42.8 Å². The molecule has 3 aromatic rings. The quantitative estimate of drug-likeness (QED) is 0.699. The molecule has 2 heterocycles. The van der Waals surface area contributed by atoms with Gasteiger partial charge in [0.1, 0.15) is 5.82 Å². The van der Waals surface area contributed by atoms with Gasteiger partial charge < -0.3 is 10.1 Å². The monoisotopic (exact) mass is 353 g/mol. The average molecular weight is 353 g/mol. The molecule has 1 aromatic carbocycles. The van der Waals surface area contributed by atoms with E-state index in [0.717, 1.165) is 39.9 Å². The molecule has 0 bridgehead atoms. The minimum Gasteiger partial charge on any atom is -0.466 e.